The van der Waals surface area contributed by atoms with Gasteiger partial charge in [0, 0.05) is 16.6 Å². The lowest BCUT2D eigenvalue weighted by molar-refractivity contribution is -0.111. The molecule has 0 fully saturated rings. The molecule has 3 aromatic carbocycles. The van der Waals surface area contributed by atoms with Gasteiger partial charge >= 0.3 is 0 Å². The largest absolute Gasteiger partial charge is 0.383 e. The van der Waals surface area contributed by atoms with Crippen LogP contribution in [0.5, 0.6) is 0 Å². The Morgan fingerprint density at radius 1 is 0.929 bits per heavy atom. The highest BCUT2D eigenvalue weighted by molar-refractivity contribution is 6.03. The second-order valence-electron chi connectivity index (χ2n) is 6.32. The third-order valence-electron chi connectivity index (χ3n) is 4.50. The number of hydrogen-bond acceptors (Lipinski definition) is 4. The minimum absolute atomic E-state index is 0.258. The van der Waals surface area contributed by atoms with Crippen LogP contribution in [0.4, 0.5) is 11.5 Å². The van der Waals surface area contributed by atoms with Gasteiger partial charge in [-0.15, -0.1) is 0 Å². The van der Waals surface area contributed by atoms with Gasteiger partial charge in [0.2, 0.25) is 5.91 Å². The number of nitrogens with zero attached hydrogens (tertiary/aromatic N) is 2. The molecule has 0 aliphatic heterocycles. The van der Waals surface area contributed by atoms with Crippen LogP contribution in [-0.4, -0.2) is 15.9 Å². The van der Waals surface area contributed by atoms with Crippen LogP contribution in [0.2, 0.25) is 0 Å². The molecule has 5 heteroatoms. The van der Waals surface area contributed by atoms with Crippen molar-refractivity contribution < 1.29 is 4.79 Å². The van der Waals surface area contributed by atoms with Gasteiger partial charge in [-0.1, -0.05) is 49.0 Å². The SMILES string of the molecule is C=CC(=O)Nc1cccc(-c2cc(-c3ccccc3)cc3c(N)ncnc23)c1. The predicted octanol–water partition coefficient (Wildman–Crippen LogP) is 4.67. The Balaban J connectivity index is 1.93. The van der Waals surface area contributed by atoms with Gasteiger partial charge in [0.15, 0.2) is 0 Å². The maximum absolute atomic E-state index is 11.7. The lowest BCUT2D eigenvalue weighted by Gasteiger charge is -2.12. The standard InChI is InChI=1S/C23H18N4O/c1-2-21(28)27-18-10-6-9-16(11-18)19-12-17(15-7-4-3-5-8-15)13-20-22(19)25-14-26-23(20)24/h2-14H,1H2,(H,27,28)(H2,24,25,26). The van der Waals surface area contributed by atoms with Crippen molar-refractivity contribution in [2.45, 2.75) is 0 Å². The van der Waals surface area contributed by atoms with E-state index in [-0.39, 0.29) is 5.91 Å². The third kappa shape index (κ3) is 3.33. The first-order valence-electron chi connectivity index (χ1n) is 8.79. The molecule has 4 aromatic rings. The molecular formula is C23H18N4O. The molecular weight excluding hydrogens is 348 g/mol. The quantitative estimate of drug-likeness (QED) is 0.514. The van der Waals surface area contributed by atoms with Crippen LogP contribution in [0.15, 0.2) is 85.7 Å². The molecule has 0 bridgehead atoms. The summed E-state index contributed by atoms with van der Waals surface area (Å²) < 4.78 is 0. The first-order chi connectivity index (χ1) is 13.7. The number of amides is 1. The van der Waals surface area contributed by atoms with Crippen LogP contribution in [-0.2, 0) is 4.79 Å². The number of carbonyl (C=O) groups is 1. The van der Waals surface area contributed by atoms with Crippen LogP contribution in [0.25, 0.3) is 33.2 Å². The fourth-order valence-corrected chi connectivity index (χ4v) is 3.16. The van der Waals surface area contributed by atoms with E-state index in [0.717, 1.165) is 33.2 Å². The van der Waals surface area contributed by atoms with Crippen LogP contribution in [0.3, 0.4) is 0 Å². The monoisotopic (exact) mass is 366 g/mol. The molecule has 1 amide bonds. The normalized spacial score (nSPS) is 10.6. The van der Waals surface area contributed by atoms with Gasteiger partial charge in [0.05, 0.1) is 5.52 Å². The molecule has 0 saturated heterocycles. The molecule has 1 aromatic heterocycles. The van der Waals surface area contributed by atoms with Crippen LogP contribution >= 0.6 is 0 Å². The van der Waals surface area contributed by atoms with Crippen molar-refractivity contribution in [1.82, 2.24) is 9.97 Å². The van der Waals surface area contributed by atoms with Gasteiger partial charge in [-0.3, -0.25) is 4.79 Å². The molecule has 0 spiro atoms. The van der Waals surface area contributed by atoms with E-state index >= 15 is 0 Å². The summed E-state index contributed by atoms with van der Waals surface area (Å²) in [5.74, 6) is 0.173. The lowest BCUT2D eigenvalue weighted by Crippen LogP contribution is -2.07. The predicted molar refractivity (Wildman–Crippen MR) is 114 cm³/mol. The molecule has 136 valence electrons. The van der Waals surface area contributed by atoms with Gasteiger partial charge in [-0.2, -0.15) is 0 Å². The summed E-state index contributed by atoms with van der Waals surface area (Å²) in [6.07, 6.45) is 2.71. The van der Waals surface area contributed by atoms with E-state index in [1.807, 2.05) is 60.7 Å². The van der Waals surface area contributed by atoms with Gasteiger partial charge < -0.3 is 11.1 Å². The van der Waals surface area contributed by atoms with E-state index in [2.05, 4.69) is 27.9 Å². The van der Waals surface area contributed by atoms with Gasteiger partial charge in [-0.25, -0.2) is 9.97 Å². The molecule has 0 atom stereocenters. The topological polar surface area (TPSA) is 80.9 Å². The summed E-state index contributed by atoms with van der Waals surface area (Å²) in [5, 5.41) is 3.58. The summed E-state index contributed by atoms with van der Waals surface area (Å²) in [4.78, 5) is 20.3. The maximum Gasteiger partial charge on any atom is 0.247 e. The Kier molecular flexibility index (Phi) is 4.56. The molecule has 0 saturated carbocycles. The van der Waals surface area contributed by atoms with E-state index in [1.165, 1.54) is 12.4 Å². The Morgan fingerprint density at radius 2 is 1.71 bits per heavy atom. The van der Waals surface area contributed by atoms with Crippen LogP contribution in [0.1, 0.15) is 0 Å². The number of carbonyl (C=O) groups excluding carboxylic acids is 1. The van der Waals surface area contributed by atoms with Crippen molar-refractivity contribution in [2.75, 3.05) is 11.1 Å². The second kappa shape index (κ2) is 7.32. The second-order valence-corrected chi connectivity index (χ2v) is 6.32. The Hall–Kier alpha value is -3.99. The minimum atomic E-state index is -0.258. The van der Waals surface area contributed by atoms with E-state index in [9.17, 15) is 4.79 Å². The number of aromatic nitrogens is 2. The van der Waals surface area contributed by atoms with E-state index in [1.54, 1.807) is 0 Å². The Labute approximate surface area is 162 Å². The van der Waals surface area contributed by atoms with Crippen molar-refractivity contribution in [3.63, 3.8) is 0 Å². The van der Waals surface area contributed by atoms with Gasteiger partial charge in [0.25, 0.3) is 0 Å². The molecule has 5 nitrogen and oxygen atoms in total. The van der Waals surface area contributed by atoms with Crippen molar-refractivity contribution in [2.24, 2.45) is 0 Å². The number of hydrogen-bond donors (Lipinski definition) is 2. The summed E-state index contributed by atoms with van der Waals surface area (Å²) in [5.41, 5.74) is 11.5. The number of nitrogens with one attached hydrogen (secondary N) is 1. The van der Waals surface area contributed by atoms with Crippen molar-refractivity contribution in [3.8, 4) is 22.3 Å². The molecule has 3 N–H and O–H groups in total. The van der Waals surface area contributed by atoms with Crippen molar-refractivity contribution in [3.05, 3.63) is 85.7 Å². The molecule has 0 aliphatic rings. The average Bonchev–Trinajstić information content (AvgIpc) is 2.74. The van der Waals surface area contributed by atoms with Crippen LogP contribution in [0, 0.1) is 0 Å². The average molecular weight is 366 g/mol. The number of nitrogen functional groups attached to an aromatic ring is 1. The number of benzene rings is 3. The number of anilines is 2. The summed E-state index contributed by atoms with van der Waals surface area (Å²) in [7, 11) is 0. The zero-order valence-corrected chi connectivity index (χ0v) is 15.1. The number of rotatable bonds is 4. The zero-order valence-electron chi connectivity index (χ0n) is 15.1. The molecule has 0 aliphatic carbocycles. The molecule has 0 radical (unpaired) electrons. The molecule has 0 unspecified atom stereocenters. The Bertz CT molecular complexity index is 1190. The lowest BCUT2D eigenvalue weighted by atomic mass is 9.95. The Morgan fingerprint density at radius 3 is 2.50 bits per heavy atom. The van der Waals surface area contributed by atoms with E-state index in [4.69, 9.17) is 5.73 Å². The van der Waals surface area contributed by atoms with Gasteiger partial charge in [-0.05, 0) is 47.0 Å². The maximum atomic E-state index is 11.7. The molecule has 1 heterocycles. The number of nitrogens with two attached hydrogens (primary N) is 1. The minimum Gasteiger partial charge on any atom is -0.383 e. The summed E-state index contributed by atoms with van der Waals surface area (Å²) in [6.45, 7) is 3.49. The summed E-state index contributed by atoms with van der Waals surface area (Å²) >= 11 is 0. The molecule has 4 rings (SSSR count). The zero-order chi connectivity index (χ0) is 19.5. The first kappa shape index (κ1) is 17.4. The van der Waals surface area contributed by atoms with Crippen LogP contribution < -0.4 is 11.1 Å². The number of fused-ring (bicyclic) bond motifs is 1. The summed E-state index contributed by atoms with van der Waals surface area (Å²) in [6, 6.07) is 21.8. The highest BCUT2D eigenvalue weighted by Gasteiger charge is 2.12. The fourth-order valence-electron chi connectivity index (χ4n) is 3.16. The highest BCUT2D eigenvalue weighted by Crippen LogP contribution is 2.35. The highest BCUT2D eigenvalue weighted by atomic mass is 16.1. The molecule has 28 heavy (non-hydrogen) atoms. The van der Waals surface area contributed by atoms with Crippen molar-refractivity contribution >= 4 is 28.3 Å². The van der Waals surface area contributed by atoms with Crippen molar-refractivity contribution in [1.29, 1.82) is 0 Å². The van der Waals surface area contributed by atoms with Gasteiger partial charge in [0.1, 0.15) is 12.1 Å². The smallest absolute Gasteiger partial charge is 0.247 e. The van der Waals surface area contributed by atoms with E-state index in [0.29, 0.717) is 11.5 Å². The fraction of sp³-hybridized carbons (Fsp3) is 0. The third-order valence-corrected chi connectivity index (χ3v) is 4.50. The first-order valence-corrected chi connectivity index (χ1v) is 8.79. The van der Waals surface area contributed by atoms with E-state index < -0.39 is 0 Å².